The third kappa shape index (κ3) is 4.55. The summed E-state index contributed by atoms with van der Waals surface area (Å²) in [5.41, 5.74) is 6.34. The van der Waals surface area contributed by atoms with E-state index in [2.05, 4.69) is 19.2 Å². The Morgan fingerprint density at radius 2 is 1.68 bits per heavy atom. The third-order valence-corrected chi connectivity index (χ3v) is 6.56. The molecule has 2 aliphatic carbocycles. The van der Waals surface area contributed by atoms with Crippen molar-refractivity contribution < 1.29 is 9.59 Å². The van der Waals surface area contributed by atoms with Gasteiger partial charge in [0.25, 0.3) is 0 Å². The Morgan fingerprint density at radius 1 is 1.08 bits per heavy atom. The van der Waals surface area contributed by atoms with Crippen molar-refractivity contribution in [2.75, 3.05) is 13.1 Å². The molecule has 5 heteroatoms. The molecule has 5 nitrogen and oxygen atoms in total. The van der Waals surface area contributed by atoms with Crippen LogP contribution in [0.25, 0.3) is 0 Å². The van der Waals surface area contributed by atoms with E-state index in [0.717, 1.165) is 38.8 Å². The number of piperidine rings is 1. The van der Waals surface area contributed by atoms with E-state index in [9.17, 15) is 9.59 Å². The second-order valence-electron chi connectivity index (χ2n) is 8.96. The van der Waals surface area contributed by atoms with Gasteiger partial charge in [0, 0.05) is 37.5 Å². The highest BCUT2D eigenvalue weighted by Crippen LogP contribution is 2.42. The van der Waals surface area contributed by atoms with Gasteiger partial charge in [-0.05, 0) is 56.3 Å². The van der Waals surface area contributed by atoms with Crippen molar-refractivity contribution in [3.63, 3.8) is 0 Å². The van der Waals surface area contributed by atoms with Crippen LogP contribution in [0.1, 0.15) is 65.2 Å². The molecule has 1 aliphatic heterocycles. The molecule has 2 unspecified atom stereocenters. The van der Waals surface area contributed by atoms with Crippen LogP contribution in [0.2, 0.25) is 0 Å². The summed E-state index contributed by atoms with van der Waals surface area (Å²) in [6.45, 7) is 5.71. The van der Waals surface area contributed by atoms with E-state index in [1.54, 1.807) is 0 Å². The zero-order valence-corrected chi connectivity index (χ0v) is 15.9. The summed E-state index contributed by atoms with van der Waals surface area (Å²) in [4.78, 5) is 26.9. The van der Waals surface area contributed by atoms with Gasteiger partial charge in [-0.1, -0.05) is 20.3 Å². The third-order valence-electron chi connectivity index (χ3n) is 6.56. The minimum atomic E-state index is 0.149. The van der Waals surface area contributed by atoms with Crippen LogP contribution in [0.5, 0.6) is 0 Å². The molecule has 2 amide bonds. The molecular weight excluding hydrogens is 314 g/mol. The normalized spacial score (nSPS) is 33.4. The molecular formula is C20H35N3O2. The van der Waals surface area contributed by atoms with E-state index < -0.39 is 0 Å². The Labute approximate surface area is 152 Å². The molecule has 3 aliphatic rings. The number of likely N-dealkylation sites (tertiary alicyclic amines) is 1. The number of nitrogens with one attached hydrogen (secondary N) is 1. The van der Waals surface area contributed by atoms with Crippen molar-refractivity contribution >= 4 is 11.8 Å². The first kappa shape index (κ1) is 18.7. The summed E-state index contributed by atoms with van der Waals surface area (Å²) in [5.74, 6) is 2.12. The fourth-order valence-electron chi connectivity index (χ4n) is 5.07. The van der Waals surface area contributed by atoms with Crippen LogP contribution >= 0.6 is 0 Å². The van der Waals surface area contributed by atoms with E-state index in [1.807, 2.05) is 4.90 Å². The molecule has 0 aromatic heterocycles. The lowest BCUT2D eigenvalue weighted by molar-refractivity contribution is -0.133. The van der Waals surface area contributed by atoms with Gasteiger partial charge in [-0.3, -0.25) is 9.59 Å². The first-order valence-corrected chi connectivity index (χ1v) is 10.3. The molecule has 3 rings (SSSR count). The van der Waals surface area contributed by atoms with Crippen LogP contribution in [-0.2, 0) is 9.59 Å². The molecule has 2 bridgehead atoms. The van der Waals surface area contributed by atoms with Crippen LogP contribution in [0.3, 0.4) is 0 Å². The smallest absolute Gasteiger partial charge is 0.223 e. The average Bonchev–Trinajstić information content (AvgIpc) is 2.54. The zero-order valence-electron chi connectivity index (χ0n) is 15.9. The molecule has 0 aromatic carbocycles. The number of carbonyl (C=O) groups is 2. The number of fused-ring (bicyclic) bond motifs is 2. The topological polar surface area (TPSA) is 75.4 Å². The van der Waals surface area contributed by atoms with E-state index >= 15 is 0 Å². The number of hydrogen-bond donors (Lipinski definition) is 2. The van der Waals surface area contributed by atoms with Gasteiger partial charge >= 0.3 is 0 Å². The van der Waals surface area contributed by atoms with Crippen LogP contribution in [0.4, 0.5) is 0 Å². The van der Waals surface area contributed by atoms with Gasteiger partial charge < -0.3 is 16.0 Å². The highest BCUT2D eigenvalue weighted by Gasteiger charge is 2.41. The standard InChI is InChI=1S/C20H35N3O2/c1-13(2)10-18(24)23-8-6-17(7-9-23)22-20(25)16-11-14-4-3-5-15(12-16)19(14)21/h13-17,19H,3-12,21H2,1-2H3,(H,22,25). The predicted octanol–water partition coefficient (Wildman–Crippen LogP) is 2.29. The lowest BCUT2D eigenvalue weighted by Crippen LogP contribution is -2.52. The summed E-state index contributed by atoms with van der Waals surface area (Å²) < 4.78 is 0. The molecule has 142 valence electrons. The maximum atomic E-state index is 12.7. The molecule has 25 heavy (non-hydrogen) atoms. The summed E-state index contributed by atoms with van der Waals surface area (Å²) >= 11 is 0. The van der Waals surface area contributed by atoms with Crippen molar-refractivity contribution in [1.29, 1.82) is 0 Å². The van der Waals surface area contributed by atoms with E-state index in [-0.39, 0.29) is 23.8 Å². The Balaban J connectivity index is 1.44. The number of nitrogens with zero attached hydrogens (tertiary/aromatic N) is 1. The molecule has 0 radical (unpaired) electrons. The highest BCUT2D eigenvalue weighted by molar-refractivity contribution is 5.79. The Bertz CT molecular complexity index is 471. The van der Waals surface area contributed by atoms with Crippen LogP contribution in [-0.4, -0.2) is 41.9 Å². The van der Waals surface area contributed by atoms with Crippen molar-refractivity contribution in [3.05, 3.63) is 0 Å². The maximum Gasteiger partial charge on any atom is 0.223 e. The largest absolute Gasteiger partial charge is 0.353 e. The van der Waals surface area contributed by atoms with Gasteiger partial charge in [-0.25, -0.2) is 0 Å². The summed E-state index contributed by atoms with van der Waals surface area (Å²) in [7, 11) is 0. The number of amides is 2. The molecule has 3 N–H and O–H groups in total. The molecule has 1 saturated heterocycles. The fraction of sp³-hybridized carbons (Fsp3) is 0.900. The number of rotatable bonds is 4. The zero-order chi connectivity index (χ0) is 18.0. The second-order valence-corrected chi connectivity index (χ2v) is 8.96. The lowest BCUT2D eigenvalue weighted by Gasteiger charge is -2.44. The van der Waals surface area contributed by atoms with Gasteiger partial charge in [0.2, 0.25) is 11.8 Å². The molecule has 0 aromatic rings. The van der Waals surface area contributed by atoms with E-state index in [4.69, 9.17) is 5.73 Å². The quantitative estimate of drug-likeness (QED) is 0.818. The van der Waals surface area contributed by atoms with Crippen LogP contribution in [0, 0.1) is 23.7 Å². The van der Waals surface area contributed by atoms with E-state index in [1.165, 1.54) is 19.3 Å². The highest BCUT2D eigenvalue weighted by atomic mass is 16.2. The minimum Gasteiger partial charge on any atom is -0.353 e. The second kappa shape index (κ2) is 8.07. The Kier molecular flexibility index (Phi) is 6.03. The SMILES string of the molecule is CC(C)CC(=O)N1CCC(NC(=O)C2CC3CCCC(C2)C3N)CC1. The number of nitrogens with two attached hydrogens (primary N) is 1. The maximum absolute atomic E-state index is 12.7. The Hall–Kier alpha value is -1.10. The van der Waals surface area contributed by atoms with Gasteiger partial charge in [-0.15, -0.1) is 0 Å². The molecule has 0 spiro atoms. The van der Waals surface area contributed by atoms with Crippen molar-refractivity contribution in [3.8, 4) is 0 Å². The van der Waals surface area contributed by atoms with Crippen LogP contribution in [0.15, 0.2) is 0 Å². The average molecular weight is 350 g/mol. The van der Waals surface area contributed by atoms with Gasteiger partial charge in [-0.2, -0.15) is 0 Å². The van der Waals surface area contributed by atoms with Gasteiger partial charge in [0.15, 0.2) is 0 Å². The van der Waals surface area contributed by atoms with Crippen molar-refractivity contribution in [1.82, 2.24) is 10.2 Å². The minimum absolute atomic E-state index is 0.149. The summed E-state index contributed by atoms with van der Waals surface area (Å²) in [6, 6.07) is 0.541. The Morgan fingerprint density at radius 3 is 2.24 bits per heavy atom. The lowest BCUT2D eigenvalue weighted by atomic mass is 9.65. The molecule has 3 fully saturated rings. The van der Waals surface area contributed by atoms with E-state index in [0.29, 0.717) is 30.2 Å². The van der Waals surface area contributed by atoms with Crippen molar-refractivity contribution in [2.45, 2.75) is 77.3 Å². The first-order valence-electron chi connectivity index (χ1n) is 10.3. The summed E-state index contributed by atoms with van der Waals surface area (Å²) in [6.07, 6.45) is 7.99. The van der Waals surface area contributed by atoms with Gasteiger partial charge in [0.1, 0.15) is 0 Å². The number of hydrogen-bond acceptors (Lipinski definition) is 3. The summed E-state index contributed by atoms with van der Waals surface area (Å²) in [5, 5.41) is 3.28. The predicted molar refractivity (Wildman–Crippen MR) is 98.7 cm³/mol. The molecule has 2 saturated carbocycles. The fourth-order valence-corrected chi connectivity index (χ4v) is 5.07. The van der Waals surface area contributed by atoms with Gasteiger partial charge in [0.05, 0.1) is 0 Å². The first-order chi connectivity index (χ1) is 11.9. The monoisotopic (exact) mass is 349 g/mol. The van der Waals surface area contributed by atoms with Crippen LogP contribution < -0.4 is 11.1 Å². The molecule has 2 atom stereocenters. The van der Waals surface area contributed by atoms with Crippen molar-refractivity contribution in [2.24, 2.45) is 29.4 Å². The molecule has 1 heterocycles. The number of carbonyl (C=O) groups excluding carboxylic acids is 2.